The summed E-state index contributed by atoms with van der Waals surface area (Å²) in [5, 5.41) is 15.0. The van der Waals surface area contributed by atoms with Gasteiger partial charge in [-0.1, -0.05) is 23.4 Å². The molecule has 7 heteroatoms. The van der Waals surface area contributed by atoms with Gasteiger partial charge in [0.05, 0.1) is 17.1 Å². The van der Waals surface area contributed by atoms with E-state index in [2.05, 4.69) is 20.5 Å². The SMILES string of the molecule is O=C1N=NC(=O)C12Cc1nnn(-c3ccccc3)c1C2. The van der Waals surface area contributed by atoms with Crippen LogP contribution in [0, 0.1) is 5.41 Å². The molecule has 1 spiro atoms. The Morgan fingerprint density at radius 1 is 1.00 bits per heavy atom. The Hall–Kier alpha value is -2.70. The second-order valence-electron chi connectivity index (χ2n) is 4.98. The molecule has 4 rings (SSSR count). The standard InChI is InChI=1S/C13H9N5O2/c19-11-13(12(20)16-15-11)6-9-10(7-13)18(17-14-9)8-4-2-1-3-5-8/h1-5H,6-7H2. The zero-order valence-electron chi connectivity index (χ0n) is 10.4. The molecule has 2 aliphatic rings. The van der Waals surface area contributed by atoms with Crippen LogP contribution in [0.15, 0.2) is 40.6 Å². The first-order chi connectivity index (χ1) is 9.71. The second-order valence-corrected chi connectivity index (χ2v) is 4.98. The number of hydrogen-bond acceptors (Lipinski definition) is 4. The number of para-hydroxylation sites is 1. The molecule has 1 aliphatic heterocycles. The minimum absolute atomic E-state index is 0.236. The van der Waals surface area contributed by atoms with Crippen molar-refractivity contribution < 1.29 is 9.59 Å². The Bertz CT molecular complexity index is 744. The van der Waals surface area contributed by atoms with Crippen LogP contribution in [0.1, 0.15) is 11.4 Å². The van der Waals surface area contributed by atoms with E-state index in [1.807, 2.05) is 30.3 Å². The van der Waals surface area contributed by atoms with E-state index in [4.69, 9.17) is 0 Å². The van der Waals surface area contributed by atoms with Gasteiger partial charge in [0.15, 0.2) is 0 Å². The van der Waals surface area contributed by atoms with Gasteiger partial charge >= 0.3 is 0 Å². The van der Waals surface area contributed by atoms with E-state index in [9.17, 15) is 9.59 Å². The van der Waals surface area contributed by atoms with E-state index >= 15 is 0 Å². The summed E-state index contributed by atoms with van der Waals surface area (Å²) in [5.41, 5.74) is 1.13. The topological polar surface area (TPSA) is 89.6 Å². The minimum atomic E-state index is -1.17. The van der Waals surface area contributed by atoms with Crippen LogP contribution in [-0.2, 0) is 22.4 Å². The van der Waals surface area contributed by atoms with E-state index in [1.165, 1.54) is 0 Å². The van der Waals surface area contributed by atoms with Crippen molar-refractivity contribution in [1.29, 1.82) is 0 Å². The van der Waals surface area contributed by atoms with E-state index in [1.54, 1.807) is 4.68 Å². The van der Waals surface area contributed by atoms with Crippen molar-refractivity contribution in [2.75, 3.05) is 0 Å². The number of aromatic nitrogens is 3. The van der Waals surface area contributed by atoms with E-state index in [-0.39, 0.29) is 12.8 Å². The summed E-state index contributed by atoms with van der Waals surface area (Å²) >= 11 is 0. The maximum atomic E-state index is 11.9. The Morgan fingerprint density at radius 2 is 1.70 bits per heavy atom. The fourth-order valence-electron chi connectivity index (χ4n) is 2.73. The molecular weight excluding hydrogens is 258 g/mol. The number of carbonyl (C=O) groups excluding carboxylic acids is 2. The third-order valence-corrected chi connectivity index (χ3v) is 3.83. The van der Waals surface area contributed by atoms with Gasteiger partial charge in [-0.3, -0.25) is 9.59 Å². The molecule has 0 atom stereocenters. The highest BCUT2D eigenvalue weighted by atomic mass is 16.2. The van der Waals surface area contributed by atoms with Crippen LogP contribution in [0.5, 0.6) is 0 Å². The van der Waals surface area contributed by atoms with Crippen molar-refractivity contribution in [3.05, 3.63) is 41.7 Å². The quantitative estimate of drug-likeness (QED) is 0.717. The lowest BCUT2D eigenvalue weighted by Gasteiger charge is -2.14. The number of amides is 2. The van der Waals surface area contributed by atoms with Crippen molar-refractivity contribution >= 4 is 11.8 Å². The number of carbonyl (C=O) groups is 2. The summed E-state index contributed by atoms with van der Waals surface area (Å²) in [7, 11) is 0. The molecule has 2 heterocycles. The number of nitrogens with zero attached hydrogens (tertiary/aromatic N) is 5. The highest BCUT2D eigenvalue weighted by Crippen LogP contribution is 2.41. The molecule has 0 fully saturated rings. The number of benzene rings is 1. The number of rotatable bonds is 1. The van der Waals surface area contributed by atoms with Crippen LogP contribution in [0.4, 0.5) is 0 Å². The maximum absolute atomic E-state index is 11.9. The lowest BCUT2D eigenvalue weighted by atomic mass is 9.84. The zero-order valence-corrected chi connectivity index (χ0v) is 10.4. The van der Waals surface area contributed by atoms with Gasteiger partial charge in [-0.15, -0.1) is 15.3 Å². The first kappa shape index (κ1) is 11.2. The monoisotopic (exact) mass is 267 g/mol. The first-order valence-corrected chi connectivity index (χ1v) is 6.20. The molecule has 1 aromatic carbocycles. The molecule has 0 N–H and O–H groups in total. The summed E-state index contributed by atoms with van der Waals surface area (Å²) < 4.78 is 1.67. The van der Waals surface area contributed by atoms with Crippen LogP contribution in [-0.4, -0.2) is 26.8 Å². The molecular formula is C13H9N5O2. The molecule has 0 bridgehead atoms. The summed E-state index contributed by atoms with van der Waals surface area (Å²) in [6.45, 7) is 0. The lowest BCUT2D eigenvalue weighted by molar-refractivity contribution is -0.135. The molecule has 1 aliphatic carbocycles. The van der Waals surface area contributed by atoms with Crippen molar-refractivity contribution in [2.45, 2.75) is 12.8 Å². The van der Waals surface area contributed by atoms with E-state index in [0.717, 1.165) is 11.4 Å². The van der Waals surface area contributed by atoms with Crippen LogP contribution in [0.2, 0.25) is 0 Å². The molecule has 0 unspecified atom stereocenters. The van der Waals surface area contributed by atoms with E-state index in [0.29, 0.717) is 5.69 Å². The average molecular weight is 267 g/mol. The number of fused-ring (bicyclic) bond motifs is 1. The predicted octanol–water partition coefficient (Wildman–Crippen LogP) is 0.871. The largest absolute Gasteiger partial charge is 0.281 e. The first-order valence-electron chi connectivity index (χ1n) is 6.20. The molecule has 1 aromatic heterocycles. The summed E-state index contributed by atoms with van der Waals surface area (Å²) in [4.78, 5) is 23.8. The van der Waals surface area contributed by atoms with Crippen molar-refractivity contribution in [2.24, 2.45) is 15.6 Å². The van der Waals surface area contributed by atoms with Crippen LogP contribution in [0.25, 0.3) is 5.69 Å². The highest BCUT2D eigenvalue weighted by molar-refractivity contribution is 6.10. The third-order valence-electron chi connectivity index (χ3n) is 3.83. The van der Waals surface area contributed by atoms with Gasteiger partial charge in [0, 0.05) is 12.8 Å². The third kappa shape index (κ3) is 1.29. The predicted molar refractivity (Wildman–Crippen MR) is 66.1 cm³/mol. The molecule has 2 amide bonds. The van der Waals surface area contributed by atoms with Gasteiger partial charge in [-0.2, -0.15) is 0 Å². The van der Waals surface area contributed by atoms with Gasteiger partial charge in [0.2, 0.25) is 0 Å². The Balaban J connectivity index is 1.79. The Morgan fingerprint density at radius 3 is 2.40 bits per heavy atom. The molecule has 20 heavy (non-hydrogen) atoms. The summed E-state index contributed by atoms with van der Waals surface area (Å²) in [6, 6.07) is 9.49. The number of hydrogen-bond donors (Lipinski definition) is 0. The van der Waals surface area contributed by atoms with Crippen LogP contribution in [0.3, 0.4) is 0 Å². The van der Waals surface area contributed by atoms with Crippen LogP contribution < -0.4 is 0 Å². The molecule has 0 radical (unpaired) electrons. The van der Waals surface area contributed by atoms with Gasteiger partial charge in [0.1, 0.15) is 5.41 Å². The van der Waals surface area contributed by atoms with Gasteiger partial charge in [0.25, 0.3) is 11.8 Å². The molecule has 98 valence electrons. The minimum Gasteiger partial charge on any atom is -0.270 e. The van der Waals surface area contributed by atoms with Gasteiger partial charge < -0.3 is 0 Å². The fraction of sp³-hybridized carbons (Fsp3) is 0.231. The molecule has 0 saturated heterocycles. The van der Waals surface area contributed by atoms with Crippen molar-refractivity contribution in [1.82, 2.24) is 15.0 Å². The average Bonchev–Trinajstić information content (AvgIpc) is 3.10. The Kier molecular flexibility index (Phi) is 2.04. The van der Waals surface area contributed by atoms with Gasteiger partial charge in [-0.05, 0) is 12.1 Å². The van der Waals surface area contributed by atoms with Crippen molar-refractivity contribution in [3.8, 4) is 5.69 Å². The van der Waals surface area contributed by atoms with Gasteiger partial charge in [-0.25, -0.2) is 4.68 Å². The number of azo groups is 1. The highest BCUT2D eigenvalue weighted by Gasteiger charge is 2.56. The molecule has 2 aromatic rings. The molecule has 7 nitrogen and oxygen atoms in total. The second kappa shape index (κ2) is 3.66. The maximum Gasteiger partial charge on any atom is 0.281 e. The van der Waals surface area contributed by atoms with Crippen molar-refractivity contribution in [3.63, 3.8) is 0 Å². The Labute approximate surface area is 113 Å². The summed E-state index contributed by atoms with van der Waals surface area (Å²) in [6.07, 6.45) is 0.495. The normalized spacial score (nSPS) is 19.0. The zero-order chi connectivity index (χ0) is 13.7. The van der Waals surface area contributed by atoms with Crippen LogP contribution >= 0.6 is 0 Å². The lowest BCUT2D eigenvalue weighted by Crippen LogP contribution is -2.35. The molecule has 0 saturated carbocycles. The van der Waals surface area contributed by atoms with E-state index < -0.39 is 17.2 Å². The fourth-order valence-corrected chi connectivity index (χ4v) is 2.73. The smallest absolute Gasteiger partial charge is 0.270 e. The summed E-state index contributed by atoms with van der Waals surface area (Å²) in [5.74, 6) is -0.944.